The van der Waals surface area contributed by atoms with Crippen LogP contribution in [0.3, 0.4) is 0 Å². The second kappa shape index (κ2) is 5.75. The van der Waals surface area contributed by atoms with E-state index in [1.807, 2.05) is 33.8 Å². The van der Waals surface area contributed by atoms with Gasteiger partial charge in [-0.05, 0) is 45.3 Å². The van der Waals surface area contributed by atoms with Gasteiger partial charge < -0.3 is 19.0 Å². The van der Waals surface area contributed by atoms with Crippen molar-refractivity contribution in [3.05, 3.63) is 36.2 Å². The summed E-state index contributed by atoms with van der Waals surface area (Å²) in [6.45, 7) is 8.01. The topological polar surface area (TPSA) is 73.4 Å². The Labute approximate surface area is 141 Å². The Balaban J connectivity index is 2.07. The smallest absolute Gasteiger partial charge is 0.465 e. The van der Waals surface area contributed by atoms with E-state index in [-0.39, 0.29) is 0 Å². The van der Waals surface area contributed by atoms with E-state index in [9.17, 15) is 4.79 Å². The summed E-state index contributed by atoms with van der Waals surface area (Å²) in [4.78, 5) is 19.2. The van der Waals surface area contributed by atoms with Gasteiger partial charge in [0, 0.05) is 18.0 Å². The Bertz CT molecular complexity index is 740. The molecule has 0 unspecified atom stereocenters. The van der Waals surface area contributed by atoms with Gasteiger partial charge in [0.25, 0.3) is 0 Å². The van der Waals surface area contributed by atoms with E-state index < -0.39 is 24.3 Å². The van der Waals surface area contributed by atoms with E-state index in [0.29, 0.717) is 11.4 Å². The molecule has 1 aromatic heterocycles. The first-order valence-corrected chi connectivity index (χ1v) is 7.83. The molecular formula is C17H21BN2O4. The first kappa shape index (κ1) is 16.7. The lowest BCUT2D eigenvalue weighted by molar-refractivity contribution is 0.00578. The zero-order chi connectivity index (χ0) is 17.5. The maximum Gasteiger partial charge on any atom is 0.495 e. The van der Waals surface area contributed by atoms with Crippen molar-refractivity contribution in [1.29, 1.82) is 0 Å². The Kier molecular flexibility index (Phi) is 4.01. The number of carbonyl (C=O) groups excluding carboxylic acids is 1. The van der Waals surface area contributed by atoms with Crippen LogP contribution in [0.4, 0.5) is 0 Å². The fraction of sp³-hybridized carbons (Fsp3) is 0.412. The predicted octanol–water partition coefficient (Wildman–Crippen LogP) is 2.16. The quantitative estimate of drug-likeness (QED) is 0.690. The third-order valence-electron chi connectivity index (χ3n) is 4.73. The minimum Gasteiger partial charge on any atom is -0.465 e. The van der Waals surface area contributed by atoms with Crippen molar-refractivity contribution in [2.45, 2.75) is 38.9 Å². The number of hydrogen-bond acceptors (Lipinski definition) is 5. The van der Waals surface area contributed by atoms with Crippen LogP contribution in [0, 0.1) is 0 Å². The average Bonchev–Trinajstić information content (AvgIpc) is 3.12. The number of rotatable bonds is 3. The van der Waals surface area contributed by atoms with Crippen molar-refractivity contribution in [3.8, 4) is 11.4 Å². The van der Waals surface area contributed by atoms with Crippen LogP contribution in [-0.4, -0.2) is 41.4 Å². The Morgan fingerprint density at radius 2 is 1.88 bits per heavy atom. The number of aromatic amines is 1. The van der Waals surface area contributed by atoms with E-state index in [1.165, 1.54) is 7.11 Å². The average molecular weight is 328 g/mol. The van der Waals surface area contributed by atoms with Crippen LogP contribution < -0.4 is 5.46 Å². The van der Waals surface area contributed by atoms with Gasteiger partial charge in [0.1, 0.15) is 5.82 Å². The van der Waals surface area contributed by atoms with Gasteiger partial charge in [0.2, 0.25) is 0 Å². The molecule has 0 spiro atoms. The van der Waals surface area contributed by atoms with Crippen LogP contribution in [0.25, 0.3) is 11.4 Å². The SMILES string of the molecule is COC(=O)c1ccc(B2OC(C)(C)C(C)(C)O2)c(-c2ncc[nH]2)c1. The van der Waals surface area contributed by atoms with Crippen molar-refractivity contribution >= 4 is 18.6 Å². The highest BCUT2D eigenvalue weighted by Crippen LogP contribution is 2.37. The molecule has 1 saturated heterocycles. The van der Waals surface area contributed by atoms with Gasteiger partial charge in [-0.2, -0.15) is 0 Å². The lowest BCUT2D eigenvalue weighted by Crippen LogP contribution is -2.41. The van der Waals surface area contributed by atoms with Gasteiger partial charge in [-0.15, -0.1) is 0 Å². The largest absolute Gasteiger partial charge is 0.495 e. The summed E-state index contributed by atoms with van der Waals surface area (Å²) in [6.07, 6.45) is 3.39. The minimum atomic E-state index is -0.540. The molecule has 1 fully saturated rings. The fourth-order valence-corrected chi connectivity index (χ4v) is 2.59. The Hall–Kier alpha value is -2.12. The van der Waals surface area contributed by atoms with E-state index >= 15 is 0 Å². The molecule has 1 aliphatic heterocycles. The van der Waals surface area contributed by atoms with Gasteiger partial charge in [0.15, 0.2) is 0 Å². The maximum absolute atomic E-state index is 11.9. The van der Waals surface area contributed by atoms with Gasteiger partial charge in [0.05, 0.1) is 23.9 Å². The van der Waals surface area contributed by atoms with Crippen LogP contribution >= 0.6 is 0 Å². The molecule has 0 atom stereocenters. The molecule has 0 radical (unpaired) electrons. The molecule has 1 N–H and O–H groups in total. The van der Waals surface area contributed by atoms with E-state index in [2.05, 4.69) is 9.97 Å². The number of ether oxygens (including phenoxy) is 1. The molecule has 6 nitrogen and oxygen atoms in total. The molecule has 7 heteroatoms. The van der Waals surface area contributed by atoms with E-state index in [0.717, 1.165) is 11.0 Å². The van der Waals surface area contributed by atoms with Crippen LogP contribution in [0.15, 0.2) is 30.6 Å². The minimum absolute atomic E-state index is 0.400. The molecular weight excluding hydrogens is 307 g/mol. The molecule has 24 heavy (non-hydrogen) atoms. The van der Waals surface area contributed by atoms with Crippen molar-refractivity contribution in [2.75, 3.05) is 7.11 Å². The number of aromatic nitrogens is 2. The molecule has 126 valence electrons. The molecule has 0 aliphatic carbocycles. The zero-order valence-corrected chi connectivity index (χ0v) is 14.5. The summed E-state index contributed by atoms with van der Waals surface area (Å²) in [6, 6.07) is 5.27. The third-order valence-corrected chi connectivity index (χ3v) is 4.73. The molecule has 2 heterocycles. The summed E-state index contributed by atoms with van der Waals surface area (Å²) in [5.41, 5.74) is 1.12. The Morgan fingerprint density at radius 3 is 2.42 bits per heavy atom. The summed E-state index contributed by atoms with van der Waals surface area (Å²) in [7, 11) is 0.818. The predicted molar refractivity (Wildman–Crippen MR) is 91.1 cm³/mol. The highest BCUT2D eigenvalue weighted by atomic mass is 16.7. The molecule has 3 rings (SSSR count). The molecule has 0 saturated carbocycles. The van der Waals surface area contributed by atoms with Gasteiger partial charge in [-0.1, -0.05) is 6.07 Å². The molecule has 2 aromatic rings. The summed E-state index contributed by atoms with van der Waals surface area (Å²) < 4.78 is 17.1. The normalized spacial score (nSPS) is 18.6. The number of H-pyrrole nitrogens is 1. The third kappa shape index (κ3) is 2.74. The standard InChI is InChI=1S/C17H21BN2O4/c1-16(2)17(3,4)24-18(23-16)13-7-6-11(15(21)22-5)10-12(13)14-19-8-9-20-14/h6-10H,1-5H3,(H,19,20). The number of carbonyl (C=O) groups is 1. The zero-order valence-electron chi connectivity index (χ0n) is 14.5. The summed E-state index contributed by atoms with van der Waals surface area (Å²) >= 11 is 0. The van der Waals surface area contributed by atoms with Crippen molar-refractivity contribution in [1.82, 2.24) is 9.97 Å². The first-order valence-electron chi connectivity index (χ1n) is 7.83. The second-order valence-electron chi connectivity index (χ2n) is 6.82. The Morgan fingerprint density at radius 1 is 1.21 bits per heavy atom. The van der Waals surface area contributed by atoms with Crippen LogP contribution in [0.2, 0.25) is 0 Å². The van der Waals surface area contributed by atoms with Crippen LogP contribution in [0.5, 0.6) is 0 Å². The fourth-order valence-electron chi connectivity index (χ4n) is 2.59. The molecule has 0 amide bonds. The molecule has 1 aromatic carbocycles. The summed E-state index contributed by atoms with van der Waals surface area (Å²) in [5, 5.41) is 0. The van der Waals surface area contributed by atoms with Crippen molar-refractivity contribution in [3.63, 3.8) is 0 Å². The van der Waals surface area contributed by atoms with E-state index in [4.69, 9.17) is 14.0 Å². The number of hydrogen-bond donors (Lipinski definition) is 1. The lowest BCUT2D eigenvalue weighted by Gasteiger charge is -2.32. The first-order chi connectivity index (χ1) is 11.2. The number of nitrogens with one attached hydrogen (secondary N) is 1. The maximum atomic E-state index is 11.9. The monoisotopic (exact) mass is 328 g/mol. The molecule has 0 bridgehead atoms. The van der Waals surface area contributed by atoms with Gasteiger partial charge in [-0.3, -0.25) is 0 Å². The number of benzene rings is 1. The van der Waals surface area contributed by atoms with E-state index in [1.54, 1.807) is 24.5 Å². The number of nitrogens with zero attached hydrogens (tertiary/aromatic N) is 1. The lowest BCUT2D eigenvalue weighted by atomic mass is 9.75. The number of methoxy groups -OCH3 is 1. The van der Waals surface area contributed by atoms with Crippen molar-refractivity contribution in [2.24, 2.45) is 0 Å². The van der Waals surface area contributed by atoms with Gasteiger partial charge in [-0.25, -0.2) is 9.78 Å². The second-order valence-corrected chi connectivity index (χ2v) is 6.82. The molecule has 1 aliphatic rings. The van der Waals surface area contributed by atoms with Gasteiger partial charge >= 0.3 is 13.1 Å². The van der Waals surface area contributed by atoms with Crippen molar-refractivity contribution < 1.29 is 18.8 Å². The number of imidazole rings is 1. The highest BCUT2D eigenvalue weighted by Gasteiger charge is 2.52. The highest BCUT2D eigenvalue weighted by molar-refractivity contribution is 6.63. The van der Waals surface area contributed by atoms with Crippen LogP contribution in [-0.2, 0) is 14.0 Å². The van der Waals surface area contributed by atoms with Crippen LogP contribution in [0.1, 0.15) is 38.1 Å². The summed E-state index contributed by atoms with van der Waals surface area (Å²) in [5.74, 6) is 0.244. The number of esters is 1.